The second-order valence-electron chi connectivity index (χ2n) is 4.20. The molecule has 1 aliphatic rings. The molecule has 14 heavy (non-hydrogen) atoms. The van der Waals surface area contributed by atoms with Crippen LogP contribution in [-0.4, -0.2) is 4.57 Å². The van der Waals surface area contributed by atoms with Crippen molar-refractivity contribution < 1.29 is 4.39 Å². The van der Waals surface area contributed by atoms with Gasteiger partial charge >= 0.3 is 0 Å². The lowest BCUT2D eigenvalue weighted by Crippen LogP contribution is -2.08. The van der Waals surface area contributed by atoms with E-state index in [2.05, 4.69) is 25.5 Å². The molecule has 0 N–H and O–H groups in total. The van der Waals surface area contributed by atoms with Crippen LogP contribution < -0.4 is 0 Å². The lowest BCUT2D eigenvalue weighted by molar-refractivity contribution is 0.299. The van der Waals surface area contributed by atoms with E-state index >= 15 is 0 Å². The summed E-state index contributed by atoms with van der Waals surface area (Å²) in [5.41, 5.74) is 4.74. The molecule has 0 radical (unpaired) electrons. The number of aromatic nitrogens is 1. The highest BCUT2D eigenvalue weighted by Gasteiger charge is 2.27. The number of rotatable bonds is 1. The molecule has 1 heterocycles. The Morgan fingerprint density at radius 1 is 1.50 bits per heavy atom. The molecular formula is C12H18FN. The SMILES string of the molecule is CCc1c2c(n(C)c1C)CCCC2F. The molecular weight excluding hydrogens is 177 g/mol. The summed E-state index contributed by atoms with van der Waals surface area (Å²) >= 11 is 0. The van der Waals surface area contributed by atoms with Crippen molar-refractivity contribution in [1.29, 1.82) is 0 Å². The van der Waals surface area contributed by atoms with Gasteiger partial charge in [0.1, 0.15) is 6.17 Å². The normalized spacial score (nSPS) is 21.0. The zero-order valence-electron chi connectivity index (χ0n) is 9.23. The van der Waals surface area contributed by atoms with E-state index in [1.807, 2.05) is 0 Å². The molecule has 0 aromatic carbocycles. The van der Waals surface area contributed by atoms with Crippen LogP contribution in [0.2, 0.25) is 0 Å². The van der Waals surface area contributed by atoms with Crippen molar-refractivity contribution in [1.82, 2.24) is 4.57 Å². The van der Waals surface area contributed by atoms with Crippen molar-refractivity contribution in [2.75, 3.05) is 0 Å². The molecule has 0 saturated carbocycles. The molecule has 1 atom stereocenters. The van der Waals surface area contributed by atoms with Gasteiger partial charge in [0.2, 0.25) is 0 Å². The molecule has 78 valence electrons. The molecule has 0 amide bonds. The van der Waals surface area contributed by atoms with E-state index in [4.69, 9.17) is 0 Å². The fourth-order valence-corrected chi connectivity index (χ4v) is 2.67. The average molecular weight is 195 g/mol. The highest BCUT2D eigenvalue weighted by Crippen LogP contribution is 2.37. The van der Waals surface area contributed by atoms with Gasteiger partial charge in [0.15, 0.2) is 0 Å². The van der Waals surface area contributed by atoms with Gasteiger partial charge in [-0.15, -0.1) is 0 Å². The Morgan fingerprint density at radius 3 is 2.86 bits per heavy atom. The zero-order chi connectivity index (χ0) is 10.3. The van der Waals surface area contributed by atoms with E-state index in [0.29, 0.717) is 6.42 Å². The van der Waals surface area contributed by atoms with Crippen LogP contribution in [0.25, 0.3) is 0 Å². The maximum absolute atomic E-state index is 13.8. The van der Waals surface area contributed by atoms with Crippen molar-refractivity contribution >= 4 is 0 Å². The summed E-state index contributed by atoms with van der Waals surface area (Å²) in [6.07, 6.45) is 2.99. The first-order chi connectivity index (χ1) is 6.66. The third kappa shape index (κ3) is 1.20. The van der Waals surface area contributed by atoms with Crippen molar-refractivity contribution in [3.8, 4) is 0 Å². The van der Waals surface area contributed by atoms with Crippen molar-refractivity contribution in [2.45, 2.75) is 45.7 Å². The smallest absolute Gasteiger partial charge is 0.127 e. The predicted octanol–water partition coefficient (Wildman–Crippen LogP) is 3.24. The molecule has 0 saturated heterocycles. The van der Waals surface area contributed by atoms with Crippen LogP contribution in [0.15, 0.2) is 0 Å². The van der Waals surface area contributed by atoms with Crippen molar-refractivity contribution in [3.63, 3.8) is 0 Å². The van der Waals surface area contributed by atoms with Gasteiger partial charge in [0.25, 0.3) is 0 Å². The summed E-state index contributed by atoms with van der Waals surface area (Å²) < 4.78 is 16.0. The number of hydrogen-bond acceptors (Lipinski definition) is 0. The van der Waals surface area contributed by atoms with Crippen LogP contribution in [0.4, 0.5) is 4.39 Å². The molecule has 1 unspecified atom stereocenters. The quantitative estimate of drug-likeness (QED) is 0.648. The number of nitrogens with zero attached hydrogens (tertiary/aromatic N) is 1. The fourth-order valence-electron chi connectivity index (χ4n) is 2.67. The van der Waals surface area contributed by atoms with Crippen LogP contribution in [0.3, 0.4) is 0 Å². The largest absolute Gasteiger partial charge is 0.351 e. The first-order valence-electron chi connectivity index (χ1n) is 5.47. The van der Waals surface area contributed by atoms with E-state index in [-0.39, 0.29) is 0 Å². The summed E-state index contributed by atoms with van der Waals surface area (Å²) in [5.74, 6) is 0. The lowest BCUT2D eigenvalue weighted by Gasteiger charge is -2.18. The molecule has 1 aromatic heterocycles. The molecule has 0 aliphatic heterocycles. The molecule has 2 rings (SSSR count). The fraction of sp³-hybridized carbons (Fsp3) is 0.667. The second-order valence-corrected chi connectivity index (χ2v) is 4.20. The Hall–Kier alpha value is -0.790. The highest BCUT2D eigenvalue weighted by atomic mass is 19.1. The number of alkyl halides is 1. The maximum atomic E-state index is 13.8. The van der Waals surface area contributed by atoms with Gasteiger partial charge in [0.05, 0.1) is 0 Å². The zero-order valence-corrected chi connectivity index (χ0v) is 9.23. The van der Waals surface area contributed by atoms with Crippen LogP contribution in [0, 0.1) is 6.92 Å². The van der Waals surface area contributed by atoms with E-state index < -0.39 is 6.17 Å². The maximum Gasteiger partial charge on any atom is 0.127 e. The average Bonchev–Trinajstić information content (AvgIpc) is 2.43. The van der Waals surface area contributed by atoms with E-state index in [1.54, 1.807) is 0 Å². The van der Waals surface area contributed by atoms with Crippen LogP contribution in [-0.2, 0) is 19.9 Å². The van der Waals surface area contributed by atoms with Crippen molar-refractivity contribution in [2.24, 2.45) is 7.05 Å². The Balaban J connectivity index is 2.62. The Kier molecular flexibility index (Phi) is 2.38. The molecule has 1 aromatic rings. The third-order valence-electron chi connectivity index (χ3n) is 3.52. The van der Waals surface area contributed by atoms with Crippen molar-refractivity contribution in [3.05, 3.63) is 22.5 Å². The number of halogens is 1. The third-order valence-corrected chi connectivity index (χ3v) is 3.52. The molecule has 0 bridgehead atoms. The van der Waals surface area contributed by atoms with E-state index in [1.165, 1.54) is 17.0 Å². The molecule has 1 aliphatic carbocycles. The Morgan fingerprint density at radius 2 is 2.21 bits per heavy atom. The minimum Gasteiger partial charge on any atom is -0.351 e. The van der Waals surface area contributed by atoms with E-state index in [0.717, 1.165) is 24.8 Å². The van der Waals surface area contributed by atoms with Crippen LogP contribution >= 0.6 is 0 Å². The van der Waals surface area contributed by atoms with Gasteiger partial charge < -0.3 is 4.57 Å². The first-order valence-corrected chi connectivity index (χ1v) is 5.47. The minimum absolute atomic E-state index is 0.712. The molecule has 1 nitrogen and oxygen atoms in total. The first kappa shape index (κ1) is 9.75. The summed E-state index contributed by atoms with van der Waals surface area (Å²) in [6.45, 7) is 4.22. The summed E-state index contributed by atoms with van der Waals surface area (Å²) in [7, 11) is 2.06. The Labute approximate surface area is 84.9 Å². The molecule has 2 heteroatoms. The molecule has 0 spiro atoms. The van der Waals surface area contributed by atoms with Gasteiger partial charge in [0, 0.05) is 24.0 Å². The standard InChI is InChI=1S/C12H18FN/c1-4-9-8(2)14(3)11-7-5-6-10(13)12(9)11/h10H,4-7H2,1-3H3. The van der Waals surface area contributed by atoms with Crippen LogP contribution in [0.5, 0.6) is 0 Å². The Bertz CT molecular complexity index is 332. The van der Waals surface area contributed by atoms with Gasteiger partial charge in [-0.1, -0.05) is 6.92 Å². The van der Waals surface area contributed by atoms with Gasteiger partial charge in [-0.2, -0.15) is 0 Å². The van der Waals surface area contributed by atoms with Gasteiger partial charge in [-0.05, 0) is 38.2 Å². The predicted molar refractivity (Wildman–Crippen MR) is 56.3 cm³/mol. The second kappa shape index (κ2) is 3.41. The summed E-state index contributed by atoms with van der Waals surface area (Å²) in [6, 6.07) is 0. The summed E-state index contributed by atoms with van der Waals surface area (Å²) in [5, 5.41) is 0. The number of hydrogen-bond donors (Lipinski definition) is 0. The van der Waals surface area contributed by atoms with Gasteiger partial charge in [-0.25, -0.2) is 4.39 Å². The molecule has 0 fully saturated rings. The topological polar surface area (TPSA) is 4.93 Å². The monoisotopic (exact) mass is 195 g/mol. The van der Waals surface area contributed by atoms with Gasteiger partial charge in [-0.3, -0.25) is 0 Å². The lowest BCUT2D eigenvalue weighted by atomic mass is 9.92. The van der Waals surface area contributed by atoms with Crippen LogP contribution in [0.1, 0.15) is 48.5 Å². The minimum atomic E-state index is -0.714. The van der Waals surface area contributed by atoms with E-state index in [9.17, 15) is 4.39 Å². The highest BCUT2D eigenvalue weighted by molar-refractivity contribution is 5.41. The summed E-state index contributed by atoms with van der Waals surface area (Å²) in [4.78, 5) is 0. The number of fused-ring (bicyclic) bond motifs is 1.